The first-order valence-corrected chi connectivity index (χ1v) is 6.60. The van der Waals surface area contributed by atoms with Gasteiger partial charge in [-0.15, -0.1) is 0 Å². The Balaban J connectivity index is 2.12. The zero-order chi connectivity index (χ0) is 13.3. The fourth-order valence-electron chi connectivity index (χ4n) is 2.42. The fraction of sp³-hybridized carbons (Fsp3) is 0.643. The number of nitrogens with zero attached hydrogens (tertiary/aromatic N) is 3. The molecular weight excluding hydrogens is 226 g/mol. The van der Waals surface area contributed by atoms with E-state index in [1.807, 2.05) is 12.1 Å². The van der Waals surface area contributed by atoms with Gasteiger partial charge in [-0.05, 0) is 39.4 Å². The average Bonchev–Trinajstić information content (AvgIpc) is 2.35. The van der Waals surface area contributed by atoms with E-state index >= 15 is 0 Å². The predicted molar refractivity (Wildman–Crippen MR) is 73.8 cm³/mol. The number of hydrogen-bond acceptors (Lipinski definition) is 4. The second kappa shape index (κ2) is 5.24. The maximum absolute atomic E-state index is 9.48. The first-order chi connectivity index (χ1) is 8.49. The Morgan fingerprint density at radius 3 is 2.33 bits per heavy atom. The second-order valence-corrected chi connectivity index (χ2v) is 5.39. The third-order valence-corrected chi connectivity index (χ3v) is 3.94. The standard InChI is InChI=1S/C14H23N3O/c1-10-8-17(9-11(2)16(10)4)14-6-5-13(7-15-14)12(3)18/h5-7,10-12,18H,8-9H2,1-4H3. The normalized spacial score (nSPS) is 27.3. The van der Waals surface area contributed by atoms with Crippen molar-refractivity contribution in [1.82, 2.24) is 9.88 Å². The molecule has 4 nitrogen and oxygen atoms in total. The average molecular weight is 249 g/mol. The molecule has 0 bridgehead atoms. The Hall–Kier alpha value is -1.13. The van der Waals surface area contributed by atoms with Gasteiger partial charge in [0.15, 0.2) is 0 Å². The first kappa shape index (κ1) is 13.3. The first-order valence-electron chi connectivity index (χ1n) is 6.60. The quantitative estimate of drug-likeness (QED) is 0.865. The molecule has 0 radical (unpaired) electrons. The lowest BCUT2D eigenvalue weighted by Crippen LogP contribution is -2.55. The van der Waals surface area contributed by atoms with Crippen LogP contribution in [-0.4, -0.2) is 47.2 Å². The molecule has 0 amide bonds. The highest BCUT2D eigenvalue weighted by Crippen LogP contribution is 2.21. The zero-order valence-electron chi connectivity index (χ0n) is 11.7. The molecule has 3 atom stereocenters. The van der Waals surface area contributed by atoms with Gasteiger partial charge in [0, 0.05) is 31.4 Å². The van der Waals surface area contributed by atoms with Crippen LogP contribution in [0.3, 0.4) is 0 Å². The van der Waals surface area contributed by atoms with Crippen LogP contribution in [0, 0.1) is 0 Å². The summed E-state index contributed by atoms with van der Waals surface area (Å²) in [4.78, 5) is 9.19. The van der Waals surface area contributed by atoms with E-state index in [9.17, 15) is 5.11 Å². The summed E-state index contributed by atoms with van der Waals surface area (Å²) in [7, 11) is 2.18. The number of aliphatic hydroxyl groups is 1. The maximum Gasteiger partial charge on any atom is 0.128 e. The van der Waals surface area contributed by atoms with Crippen molar-refractivity contribution in [3.8, 4) is 0 Å². The topological polar surface area (TPSA) is 39.6 Å². The van der Waals surface area contributed by atoms with Crippen molar-refractivity contribution in [3.63, 3.8) is 0 Å². The highest BCUT2D eigenvalue weighted by molar-refractivity contribution is 5.40. The minimum absolute atomic E-state index is 0.447. The molecular formula is C14H23N3O. The van der Waals surface area contributed by atoms with Crippen molar-refractivity contribution in [1.29, 1.82) is 0 Å². The molecule has 1 aromatic heterocycles. The second-order valence-electron chi connectivity index (χ2n) is 5.39. The molecule has 1 saturated heterocycles. The van der Waals surface area contributed by atoms with Crippen LogP contribution in [0.2, 0.25) is 0 Å². The minimum atomic E-state index is -0.447. The van der Waals surface area contributed by atoms with Crippen LogP contribution in [0.25, 0.3) is 0 Å². The third-order valence-electron chi connectivity index (χ3n) is 3.94. The highest BCUT2D eigenvalue weighted by Gasteiger charge is 2.27. The van der Waals surface area contributed by atoms with Crippen LogP contribution in [0.15, 0.2) is 18.3 Å². The Labute approximate surface area is 109 Å². The van der Waals surface area contributed by atoms with Gasteiger partial charge in [0.25, 0.3) is 0 Å². The molecule has 1 N–H and O–H groups in total. The van der Waals surface area contributed by atoms with Crippen molar-refractivity contribution in [2.75, 3.05) is 25.0 Å². The van der Waals surface area contributed by atoms with E-state index in [1.165, 1.54) is 0 Å². The van der Waals surface area contributed by atoms with E-state index in [-0.39, 0.29) is 0 Å². The van der Waals surface area contributed by atoms with Crippen molar-refractivity contribution in [2.24, 2.45) is 0 Å². The molecule has 1 aromatic rings. The molecule has 1 aliphatic rings. The van der Waals surface area contributed by atoms with Gasteiger partial charge in [-0.25, -0.2) is 4.98 Å². The summed E-state index contributed by atoms with van der Waals surface area (Å²) in [5, 5.41) is 9.48. The van der Waals surface area contributed by atoms with Crippen molar-refractivity contribution < 1.29 is 5.11 Å². The van der Waals surface area contributed by atoms with Gasteiger partial charge >= 0.3 is 0 Å². The molecule has 2 rings (SSSR count). The smallest absolute Gasteiger partial charge is 0.128 e. The lowest BCUT2D eigenvalue weighted by molar-refractivity contribution is 0.169. The molecule has 100 valence electrons. The van der Waals surface area contributed by atoms with Crippen molar-refractivity contribution in [3.05, 3.63) is 23.9 Å². The summed E-state index contributed by atoms with van der Waals surface area (Å²) in [6.07, 6.45) is 1.32. The number of hydrogen-bond donors (Lipinski definition) is 1. The van der Waals surface area contributed by atoms with Crippen LogP contribution in [0.5, 0.6) is 0 Å². The number of likely N-dealkylation sites (N-methyl/N-ethyl adjacent to an activating group) is 1. The molecule has 1 aliphatic heterocycles. The van der Waals surface area contributed by atoms with Gasteiger partial charge in [0.05, 0.1) is 6.10 Å². The molecule has 4 heteroatoms. The van der Waals surface area contributed by atoms with Crippen LogP contribution >= 0.6 is 0 Å². The van der Waals surface area contributed by atoms with Crippen LogP contribution in [0.1, 0.15) is 32.4 Å². The van der Waals surface area contributed by atoms with E-state index in [2.05, 4.69) is 35.7 Å². The number of aromatic nitrogens is 1. The number of anilines is 1. The van der Waals surface area contributed by atoms with Crippen molar-refractivity contribution in [2.45, 2.75) is 39.0 Å². The van der Waals surface area contributed by atoms with Crippen molar-refractivity contribution >= 4 is 5.82 Å². The van der Waals surface area contributed by atoms with E-state index in [1.54, 1.807) is 13.1 Å². The summed E-state index contributed by atoms with van der Waals surface area (Å²) in [6, 6.07) is 5.03. The SMILES string of the molecule is CC(O)c1ccc(N2CC(C)N(C)C(C)C2)nc1. The number of pyridine rings is 1. The van der Waals surface area contributed by atoms with E-state index in [4.69, 9.17) is 0 Å². The van der Waals surface area contributed by atoms with Gasteiger partial charge in [0.1, 0.15) is 5.82 Å². The molecule has 2 heterocycles. The lowest BCUT2D eigenvalue weighted by atomic mass is 10.1. The van der Waals surface area contributed by atoms with Crippen LogP contribution < -0.4 is 4.90 Å². The Kier molecular flexibility index (Phi) is 3.88. The molecule has 0 aromatic carbocycles. The van der Waals surface area contributed by atoms with Gasteiger partial charge in [-0.3, -0.25) is 4.90 Å². The van der Waals surface area contributed by atoms with E-state index in [0.29, 0.717) is 12.1 Å². The summed E-state index contributed by atoms with van der Waals surface area (Å²) in [5.41, 5.74) is 0.869. The Bertz CT molecular complexity index is 379. The van der Waals surface area contributed by atoms with E-state index in [0.717, 1.165) is 24.5 Å². The summed E-state index contributed by atoms with van der Waals surface area (Å²) in [5.74, 6) is 1.01. The number of rotatable bonds is 2. The third kappa shape index (κ3) is 2.65. The molecule has 18 heavy (non-hydrogen) atoms. The van der Waals surface area contributed by atoms with E-state index < -0.39 is 6.10 Å². The summed E-state index contributed by atoms with van der Waals surface area (Å²) < 4.78 is 0. The molecule has 1 fully saturated rings. The fourth-order valence-corrected chi connectivity index (χ4v) is 2.42. The van der Waals surface area contributed by atoms with Crippen LogP contribution in [-0.2, 0) is 0 Å². The maximum atomic E-state index is 9.48. The highest BCUT2D eigenvalue weighted by atomic mass is 16.3. The number of piperazine rings is 1. The lowest BCUT2D eigenvalue weighted by Gasteiger charge is -2.43. The summed E-state index contributed by atoms with van der Waals surface area (Å²) >= 11 is 0. The molecule has 0 saturated carbocycles. The minimum Gasteiger partial charge on any atom is -0.389 e. The number of aliphatic hydroxyl groups excluding tert-OH is 1. The molecule has 0 spiro atoms. The monoisotopic (exact) mass is 249 g/mol. The zero-order valence-corrected chi connectivity index (χ0v) is 11.7. The largest absolute Gasteiger partial charge is 0.389 e. The van der Waals surface area contributed by atoms with Gasteiger partial charge in [0.2, 0.25) is 0 Å². The summed E-state index contributed by atoms with van der Waals surface area (Å²) in [6.45, 7) is 8.25. The molecule has 0 aliphatic carbocycles. The predicted octanol–water partition coefficient (Wildman–Crippen LogP) is 1.66. The van der Waals surface area contributed by atoms with Gasteiger partial charge in [-0.2, -0.15) is 0 Å². The van der Waals surface area contributed by atoms with Gasteiger partial charge in [-0.1, -0.05) is 6.07 Å². The molecule has 3 unspecified atom stereocenters. The Morgan fingerprint density at radius 1 is 1.28 bits per heavy atom. The van der Waals surface area contributed by atoms with Gasteiger partial charge < -0.3 is 10.0 Å². The van der Waals surface area contributed by atoms with Crippen LogP contribution in [0.4, 0.5) is 5.82 Å². The Morgan fingerprint density at radius 2 is 1.89 bits per heavy atom.